The summed E-state index contributed by atoms with van der Waals surface area (Å²) in [5.41, 5.74) is -0.381. The lowest BCUT2D eigenvalue weighted by Gasteiger charge is -2.48. The number of hydrogen-bond acceptors (Lipinski definition) is 3. The molecule has 0 rings (SSSR count). The molecule has 17 heavy (non-hydrogen) atoms. The lowest BCUT2D eigenvalue weighted by atomic mass is 9.93. The van der Waals surface area contributed by atoms with E-state index >= 15 is 0 Å². The van der Waals surface area contributed by atoms with Gasteiger partial charge in [-0.1, -0.05) is 0 Å². The first kappa shape index (κ1) is 22.5. The van der Waals surface area contributed by atoms with E-state index in [0.29, 0.717) is 5.75 Å². The van der Waals surface area contributed by atoms with Crippen LogP contribution in [0.25, 0.3) is 0 Å². The average Bonchev–Trinajstić information content (AvgIpc) is 1.93. The van der Waals surface area contributed by atoms with Crippen LogP contribution in [0.3, 0.4) is 0 Å². The molecule has 0 radical (unpaired) electrons. The third-order valence-corrected chi connectivity index (χ3v) is 2.56. The number of aliphatic carboxylic acids is 1. The first-order valence-electron chi connectivity index (χ1n) is 5.15. The topological polar surface area (TPSA) is 40.5 Å². The van der Waals surface area contributed by atoms with E-state index in [1.165, 1.54) is 0 Å². The van der Waals surface area contributed by atoms with Gasteiger partial charge in [0.2, 0.25) is 0 Å². The smallest absolute Gasteiger partial charge is 0.321 e. The van der Waals surface area contributed by atoms with Gasteiger partial charge in [0.1, 0.15) is 6.04 Å². The molecule has 106 valence electrons. The van der Waals surface area contributed by atoms with Crippen LogP contribution < -0.4 is 0 Å². The van der Waals surface area contributed by atoms with E-state index in [-0.39, 0.29) is 35.9 Å². The highest BCUT2D eigenvalue weighted by Gasteiger charge is 2.39. The maximum absolute atomic E-state index is 11.2. The van der Waals surface area contributed by atoms with E-state index in [9.17, 15) is 9.90 Å². The highest BCUT2D eigenvalue weighted by Crippen LogP contribution is 2.28. The monoisotopic (exact) mass is 305 g/mol. The van der Waals surface area contributed by atoms with E-state index in [4.69, 9.17) is 0 Å². The molecule has 0 saturated heterocycles. The molecule has 0 aromatic rings. The Morgan fingerprint density at radius 3 is 1.47 bits per heavy atom. The van der Waals surface area contributed by atoms with Crippen LogP contribution in [0.1, 0.15) is 41.5 Å². The van der Waals surface area contributed by atoms with Gasteiger partial charge in [0.15, 0.2) is 0 Å². The summed E-state index contributed by atoms with van der Waals surface area (Å²) >= 11 is 4.14. The summed E-state index contributed by atoms with van der Waals surface area (Å²) in [4.78, 5) is 13.2. The highest BCUT2D eigenvalue weighted by atomic mass is 35.5. The lowest BCUT2D eigenvalue weighted by Crippen LogP contribution is -2.60. The molecule has 3 nitrogen and oxygen atoms in total. The van der Waals surface area contributed by atoms with Gasteiger partial charge in [-0.3, -0.25) is 9.69 Å². The molecule has 0 fully saturated rings. The molecule has 0 aliphatic rings. The van der Waals surface area contributed by atoms with Gasteiger partial charge in [-0.2, -0.15) is 12.6 Å². The summed E-state index contributed by atoms with van der Waals surface area (Å²) in [6, 6.07) is -0.548. The zero-order valence-corrected chi connectivity index (χ0v) is 13.9. The molecule has 0 aliphatic carbocycles. The van der Waals surface area contributed by atoms with E-state index in [2.05, 4.69) is 12.6 Å². The van der Waals surface area contributed by atoms with E-state index in [1.54, 1.807) is 0 Å². The Kier molecular flexibility index (Phi) is 10.2. The summed E-state index contributed by atoms with van der Waals surface area (Å²) in [6.07, 6.45) is 0. The van der Waals surface area contributed by atoms with Crippen molar-refractivity contribution in [3.8, 4) is 0 Å². The molecular weight excluding hydrogens is 281 g/mol. The summed E-state index contributed by atoms with van der Waals surface area (Å²) < 4.78 is 0. The van der Waals surface area contributed by atoms with E-state index in [1.807, 2.05) is 46.4 Å². The van der Waals surface area contributed by atoms with Gasteiger partial charge >= 0.3 is 5.97 Å². The summed E-state index contributed by atoms with van der Waals surface area (Å²) in [5.74, 6) is -0.487. The fraction of sp³-hybridized carbons (Fsp3) is 0.909. The van der Waals surface area contributed by atoms with Gasteiger partial charge in [-0.05, 0) is 41.5 Å². The number of carboxylic acid groups (broad SMARTS) is 1. The standard InChI is InChI=1S/C11H23NO2S.2ClH/c1-10(2,3)12(11(4,5)6)8(7-15)9(13)14;;/h8,15H,7H2,1-6H3,(H,13,14);2*1H. The Balaban J connectivity index is -0.000000980. The Hall–Kier alpha value is 0.360. The second-order valence-electron chi connectivity index (χ2n) is 5.75. The quantitative estimate of drug-likeness (QED) is 0.787. The van der Waals surface area contributed by atoms with Crippen LogP contribution in [0.15, 0.2) is 0 Å². The number of hydrogen-bond donors (Lipinski definition) is 2. The SMILES string of the molecule is CC(C)(C)N(C(CS)C(=O)O)C(C)(C)C.Cl.Cl. The van der Waals surface area contributed by atoms with Gasteiger partial charge in [-0.25, -0.2) is 0 Å². The third-order valence-electron chi connectivity index (χ3n) is 2.22. The second kappa shape index (κ2) is 7.72. The Bertz CT molecular complexity index is 223. The Morgan fingerprint density at radius 1 is 1.12 bits per heavy atom. The molecule has 0 aliphatic heterocycles. The minimum absolute atomic E-state index is 0. The van der Waals surface area contributed by atoms with Gasteiger partial charge in [0.25, 0.3) is 0 Å². The summed E-state index contributed by atoms with van der Waals surface area (Å²) in [6.45, 7) is 12.2. The van der Waals surface area contributed by atoms with Gasteiger partial charge in [-0.15, -0.1) is 24.8 Å². The van der Waals surface area contributed by atoms with Crippen LogP contribution in [0.4, 0.5) is 0 Å². The fourth-order valence-electron chi connectivity index (χ4n) is 2.21. The first-order chi connectivity index (χ1) is 6.51. The van der Waals surface area contributed by atoms with E-state index < -0.39 is 12.0 Å². The van der Waals surface area contributed by atoms with E-state index in [0.717, 1.165) is 0 Å². The molecule has 0 aromatic carbocycles. The van der Waals surface area contributed by atoms with Crippen molar-refractivity contribution in [3.63, 3.8) is 0 Å². The number of halogens is 2. The molecular formula is C11H25Cl2NO2S. The number of carbonyl (C=O) groups is 1. The predicted molar refractivity (Wildman–Crippen MR) is 81.1 cm³/mol. The summed E-state index contributed by atoms with van der Waals surface area (Å²) in [5, 5.41) is 9.18. The number of rotatable bonds is 3. The Morgan fingerprint density at radius 2 is 1.41 bits per heavy atom. The molecule has 0 amide bonds. The normalized spacial score (nSPS) is 13.6. The molecule has 1 N–H and O–H groups in total. The molecule has 0 heterocycles. The highest BCUT2D eigenvalue weighted by molar-refractivity contribution is 7.80. The summed E-state index contributed by atoms with van der Waals surface area (Å²) in [7, 11) is 0. The van der Waals surface area contributed by atoms with Crippen LogP contribution in [-0.2, 0) is 4.79 Å². The maximum Gasteiger partial charge on any atom is 0.321 e. The van der Waals surface area contributed by atoms with Crippen molar-refractivity contribution in [2.24, 2.45) is 0 Å². The zero-order chi connectivity index (χ0) is 12.4. The molecule has 0 aromatic heterocycles. The van der Waals surface area contributed by atoms with Gasteiger partial charge in [0.05, 0.1) is 0 Å². The third kappa shape index (κ3) is 6.75. The van der Waals surface area contributed by atoms with Crippen molar-refractivity contribution in [2.45, 2.75) is 58.7 Å². The van der Waals surface area contributed by atoms with Crippen LogP contribution in [0.5, 0.6) is 0 Å². The van der Waals surface area contributed by atoms with Gasteiger partial charge < -0.3 is 5.11 Å². The lowest BCUT2D eigenvalue weighted by molar-refractivity contribution is -0.148. The first-order valence-corrected chi connectivity index (χ1v) is 5.78. The number of thiol groups is 1. The fourth-order valence-corrected chi connectivity index (χ4v) is 2.53. The van der Waals surface area contributed by atoms with Crippen molar-refractivity contribution < 1.29 is 9.90 Å². The second-order valence-corrected chi connectivity index (χ2v) is 6.11. The molecule has 6 heteroatoms. The van der Waals surface area contributed by atoms with Crippen LogP contribution in [0, 0.1) is 0 Å². The largest absolute Gasteiger partial charge is 0.480 e. The van der Waals surface area contributed by atoms with Crippen molar-refractivity contribution in [2.75, 3.05) is 5.75 Å². The van der Waals surface area contributed by atoms with Crippen molar-refractivity contribution in [1.29, 1.82) is 0 Å². The minimum atomic E-state index is -0.810. The minimum Gasteiger partial charge on any atom is -0.480 e. The molecule has 0 saturated carbocycles. The molecule has 0 bridgehead atoms. The maximum atomic E-state index is 11.2. The molecule has 0 spiro atoms. The van der Waals surface area contributed by atoms with Crippen molar-refractivity contribution in [1.82, 2.24) is 4.90 Å². The predicted octanol–water partition coefficient (Wildman–Crippen LogP) is 3.11. The van der Waals surface area contributed by atoms with Crippen molar-refractivity contribution >= 4 is 43.4 Å². The van der Waals surface area contributed by atoms with Crippen LogP contribution in [0.2, 0.25) is 0 Å². The van der Waals surface area contributed by atoms with Crippen LogP contribution >= 0.6 is 37.4 Å². The number of nitrogens with zero attached hydrogens (tertiary/aromatic N) is 1. The molecule has 1 unspecified atom stereocenters. The van der Waals surface area contributed by atoms with Gasteiger partial charge in [0, 0.05) is 16.8 Å². The van der Waals surface area contributed by atoms with Crippen LogP contribution in [-0.4, -0.2) is 38.8 Å². The number of carboxylic acids is 1. The van der Waals surface area contributed by atoms with Crippen molar-refractivity contribution in [3.05, 3.63) is 0 Å². The average molecular weight is 306 g/mol. The zero-order valence-electron chi connectivity index (χ0n) is 11.4. The Labute approximate surface area is 123 Å². The molecule has 1 atom stereocenters.